The minimum atomic E-state index is -1.04. The summed E-state index contributed by atoms with van der Waals surface area (Å²) in [5.74, 6) is -2.42. The Morgan fingerprint density at radius 3 is 2.23 bits per heavy atom. The van der Waals surface area contributed by atoms with Gasteiger partial charge in [-0.05, 0) is 19.1 Å². The summed E-state index contributed by atoms with van der Waals surface area (Å²) in [6.45, 7) is 3.13. The molecule has 0 fully saturated rings. The van der Waals surface area contributed by atoms with Crippen molar-refractivity contribution in [2.24, 2.45) is 5.92 Å². The molecule has 4 aromatic rings. The average Bonchev–Trinajstić information content (AvgIpc) is 3.60. The molecule has 4 rings (SSSR count). The van der Waals surface area contributed by atoms with Gasteiger partial charge in [-0.3, -0.25) is 14.4 Å². The predicted molar refractivity (Wildman–Crippen MR) is 160 cm³/mol. The molecule has 0 spiro atoms. The number of ketones is 3. The number of methoxy groups -OCH3 is 2. The highest BCUT2D eigenvalue weighted by Crippen LogP contribution is 2.40. The van der Waals surface area contributed by atoms with Gasteiger partial charge in [0, 0.05) is 47.9 Å². The van der Waals surface area contributed by atoms with Crippen molar-refractivity contribution in [2.45, 2.75) is 39.5 Å². The SMILES string of the molecule is COc1cc2sc(C(=O)C[C@H](C)C(=O)O)cc2nc1OCCCOc1c(OC)cc2sc(C(=O)CCC(C)=O)cc2c1F. The highest BCUT2D eigenvalue weighted by Gasteiger charge is 2.22. The smallest absolute Gasteiger partial charge is 0.306 e. The van der Waals surface area contributed by atoms with Crippen molar-refractivity contribution in [3.8, 4) is 23.1 Å². The summed E-state index contributed by atoms with van der Waals surface area (Å²) in [4.78, 5) is 52.5. The first-order valence-electron chi connectivity index (χ1n) is 13.3. The molecule has 0 aliphatic heterocycles. The maximum absolute atomic E-state index is 15.4. The number of thiophene rings is 2. The fraction of sp³-hybridized carbons (Fsp3) is 0.367. The van der Waals surface area contributed by atoms with Gasteiger partial charge in [0.05, 0.1) is 53.3 Å². The van der Waals surface area contributed by atoms with E-state index >= 15 is 4.39 Å². The summed E-state index contributed by atoms with van der Waals surface area (Å²) in [7, 11) is 2.86. The minimum absolute atomic E-state index is 0.0641. The minimum Gasteiger partial charge on any atom is -0.493 e. The molecule has 0 aliphatic carbocycles. The second-order valence-electron chi connectivity index (χ2n) is 9.78. The van der Waals surface area contributed by atoms with Crippen molar-refractivity contribution in [1.29, 1.82) is 0 Å². The van der Waals surface area contributed by atoms with Gasteiger partial charge >= 0.3 is 5.97 Å². The van der Waals surface area contributed by atoms with Gasteiger partial charge in [0.15, 0.2) is 34.6 Å². The number of nitrogens with zero attached hydrogens (tertiary/aromatic N) is 1. The molecule has 43 heavy (non-hydrogen) atoms. The second-order valence-corrected chi connectivity index (χ2v) is 11.9. The van der Waals surface area contributed by atoms with Crippen molar-refractivity contribution in [3.63, 3.8) is 0 Å². The lowest BCUT2D eigenvalue weighted by Crippen LogP contribution is -2.13. The topological polar surface area (TPSA) is 138 Å². The Morgan fingerprint density at radius 2 is 1.56 bits per heavy atom. The van der Waals surface area contributed by atoms with E-state index < -0.39 is 17.7 Å². The van der Waals surface area contributed by atoms with Crippen LogP contribution in [-0.4, -0.2) is 60.8 Å². The maximum atomic E-state index is 15.4. The first-order chi connectivity index (χ1) is 20.5. The van der Waals surface area contributed by atoms with Gasteiger partial charge < -0.3 is 28.8 Å². The number of halogens is 1. The first-order valence-corrected chi connectivity index (χ1v) is 15.0. The summed E-state index contributed by atoms with van der Waals surface area (Å²) in [6, 6.07) is 6.39. The second kappa shape index (κ2) is 13.9. The molecule has 0 saturated heterocycles. The summed E-state index contributed by atoms with van der Waals surface area (Å²) in [5.41, 5.74) is 0.512. The lowest BCUT2D eigenvalue weighted by atomic mass is 10.0. The molecule has 1 atom stereocenters. The van der Waals surface area contributed by atoms with Crippen LogP contribution < -0.4 is 18.9 Å². The van der Waals surface area contributed by atoms with E-state index in [2.05, 4.69) is 4.98 Å². The van der Waals surface area contributed by atoms with E-state index in [-0.39, 0.29) is 72.6 Å². The van der Waals surface area contributed by atoms with Crippen LogP contribution in [0.5, 0.6) is 23.1 Å². The lowest BCUT2D eigenvalue weighted by molar-refractivity contribution is -0.141. The van der Waals surface area contributed by atoms with Crippen molar-refractivity contribution in [1.82, 2.24) is 4.98 Å². The number of hydrogen-bond donors (Lipinski definition) is 1. The van der Waals surface area contributed by atoms with Gasteiger partial charge in [0.2, 0.25) is 0 Å². The molecule has 0 unspecified atom stereocenters. The number of carbonyl (C=O) groups excluding carboxylic acids is 3. The van der Waals surface area contributed by atoms with Crippen LogP contribution in [0.2, 0.25) is 0 Å². The molecule has 228 valence electrons. The fourth-order valence-electron chi connectivity index (χ4n) is 4.12. The number of carboxylic acids is 1. The van der Waals surface area contributed by atoms with E-state index in [1.807, 2.05) is 0 Å². The summed E-state index contributed by atoms with van der Waals surface area (Å²) >= 11 is 2.33. The molecule has 10 nitrogen and oxygen atoms in total. The van der Waals surface area contributed by atoms with Gasteiger partial charge in [-0.25, -0.2) is 9.37 Å². The van der Waals surface area contributed by atoms with E-state index in [9.17, 15) is 19.2 Å². The van der Waals surface area contributed by atoms with Crippen LogP contribution in [0.3, 0.4) is 0 Å². The van der Waals surface area contributed by atoms with Crippen LogP contribution >= 0.6 is 22.7 Å². The van der Waals surface area contributed by atoms with E-state index in [1.165, 1.54) is 45.5 Å². The normalized spacial score (nSPS) is 11.8. The first kappa shape index (κ1) is 31.8. The third kappa shape index (κ3) is 7.46. The van der Waals surface area contributed by atoms with Gasteiger partial charge in [-0.15, -0.1) is 22.7 Å². The Bertz CT molecular complexity index is 1690. The largest absolute Gasteiger partial charge is 0.493 e. The van der Waals surface area contributed by atoms with Crippen LogP contribution in [0, 0.1) is 11.7 Å². The Hall–Kier alpha value is -4.10. The number of benzene rings is 1. The molecule has 13 heteroatoms. The van der Waals surface area contributed by atoms with Crippen molar-refractivity contribution < 1.29 is 47.6 Å². The number of Topliss-reactive ketones (excluding diaryl/α,β-unsaturated/α-hetero) is 3. The molecule has 0 saturated carbocycles. The highest BCUT2D eigenvalue weighted by molar-refractivity contribution is 7.21. The zero-order valence-corrected chi connectivity index (χ0v) is 25.6. The standard InChI is InChI=1S/C30H30FNO9S2/c1-15(30(36)37)10-20(35)26-12-18-24(43-26)14-22(39-4)29(32-18)41-9-5-8-40-28-21(38-3)13-23-17(27(28)31)11-25(42-23)19(34)7-6-16(2)33/h11-15H,5-10H2,1-4H3,(H,36,37)/t15-/m0/s1. The number of carbonyl (C=O) groups is 4. The number of aromatic nitrogens is 1. The van der Waals surface area contributed by atoms with Crippen LogP contribution in [-0.2, 0) is 9.59 Å². The van der Waals surface area contributed by atoms with Gasteiger partial charge in [0.25, 0.3) is 5.88 Å². The Kier molecular flexibility index (Phi) is 10.3. The number of aliphatic carboxylic acids is 1. The van der Waals surface area contributed by atoms with Crippen molar-refractivity contribution >= 4 is 66.3 Å². The zero-order chi connectivity index (χ0) is 31.3. The summed E-state index contributed by atoms with van der Waals surface area (Å²) in [6.07, 6.45) is 0.428. The van der Waals surface area contributed by atoms with Gasteiger partial charge in [0.1, 0.15) is 5.78 Å². The molecule has 0 radical (unpaired) electrons. The monoisotopic (exact) mass is 631 g/mol. The van der Waals surface area contributed by atoms with E-state index in [0.717, 1.165) is 11.3 Å². The molecule has 0 aliphatic rings. The van der Waals surface area contributed by atoms with Crippen LogP contribution in [0.15, 0.2) is 24.3 Å². The van der Waals surface area contributed by atoms with Crippen molar-refractivity contribution in [3.05, 3.63) is 39.8 Å². The fourth-order valence-corrected chi connectivity index (χ4v) is 6.16. The lowest BCUT2D eigenvalue weighted by Gasteiger charge is -2.13. The Morgan fingerprint density at radius 1 is 0.907 bits per heavy atom. The van der Waals surface area contributed by atoms with Gasteiger partial charge in [-0.1, -0.05) is 6.92 Å². The van der Waals surface area contributed by atoms with Crippen LogP contribution in [0.4, 0.5) is 4.39 Å². The Labute approximate surface area is 254 Å². The quantitative estimate of drug-likeness (QED) is 0.110. The van der Waals surface area contributed by atoms with E-state index in [1.54, 1.807) is 18.2 Å². The summed E-state index contributed by atoms with van der Waals surface area (Å²) in [5, 5.41) is 9.32. The number of carboxylic acid groups (broad SMARTS) is 1. The Balaban J connectivity index is 1.40. The van der Waals surface area contributed by atoms with Gasteiger partial charge in [-0.2, -0.15) is 0 Å². The van der Waals surface area contributed by atoms with Crippen molar-refractivity contribution in [2.75, 3.05) is 27.4 Å². The molecule has 0 bridgehead atoms. The molecule has 0 amide bonds. The molecule has 3 heterocycles. The summed E-state index contributed by atoms with van der Waals surface area (Å²) < 4.78 is 38.9. The molecule has 1 N–H and O–H groups in total. The zero-order valence-electron chi connectivity index (χ0n) is 24.0. The molecule has 1 aromatic carbocycles. The number of ether oxygens (including phenoxy) is 4. The van der Waals surface area contributed by atoms with E-state index in [0.29, 0.717) is 36.8 Å². The molecular formula is C30H30FNO9S2. The molecular weight excluding hydrogens is 601 g/mol. The highest BCUT2D eigenvalue weighted by atomic mass is 32.1. The third-order valence-electron chi connectivity index (χ3n) is 6.50. The number of hydrogen-bond acceptors (Lipinski definition) is 11. The van der Waals surface area contributed by atoms with Crippen LogP contribution in [0.25, 0.3) is 20.3 Å². The van der Waals surface area contributed by atoms with Crippen LogP contribution in [0.1, 0.15) is 58.9 Å². The number of pyridine rings is 1. The molecule has 3 aromatic heterocycles. The third-order valence-corrected chi connectivity index (χ3v) is 8.73. The predicted octanol–water partition coefficient (Wildman–Crippen LogP) is 6.36. The van der Waals surface area contributed by atoms with E-state index in [4.69, 9.17) is 24.1 Å². The number of rotatable bonds is 16. The average molecular weight is 632 g/mol. The number of fused-ring (bicyclic) bond motifs is 2. The maximum Gasteiger partial charge on any atom is 0.306 e.